The van der Waals surface area contributed by atoms with Gasteiger partial charge < -0.3 is 4.74 Å². The van der Waals surface area contributed by atoms with E-state index < -0.39 is 0 Å². The lowest BCUT2D eigenvalue weighted by atomic mass is 10.0. The summed E-state index contributed by atoms with van der Waals surface area (Å²) in [5.41, 5.74) is 1.18. The summed E-state index contributed by atoms with van der Waals surface area (Å²) in [6.45, 7) is 4.37. The van der Waals surface area contributed by atoms with Gasteiger partial charge in [-0.3, -0.25) is 0 Å². The van der Waals surface area contributed by atoms with Gasteiger partial charge in [0.2, 0.25) is 5.88 Å². The van der Waals surface area contributed by atoms with Crippen LogP contribution in [0, 0.1) is 5.92 Å². The Labute approximate surface area is 96.6 Å². The van der Waals surface area contributed by atoms with E-state index in [1.165, 1.54) is 5.56 Å². The zero-order valence-electron chi connectivity index (χ0n) is 9.53. The average molecular weight is 228 g/mol. The van der Waals surface area contributed by atoms with Crippen molar-refractivity contribution in [3.05, 3.63) is 23.9 Å². The zero-order valence-corrected chi connectivity index (χ0v) is 10.3. The summed E-state index contributed by atoms with van der Waals surface area (Å²) in [6.07, 6.45) is 3.66. The number of nitrogens with zero attached hydrogens (tertiary/aromatic N) is 1. The number of hydrogen-bond donors (Lipinski definition) is 0. The molecular formula is C12H18ClNO. The van der Waals surface area contributed by atoms with Crippen LogP contribution in [0.1, 0.15) is 25.8 Å². The Bertz CT molecular complexity index is 301. The molecule has 0 aromatic carbocycles. The summed E-state index contributed by atoms with van der Waals surface area (Å²) in [6, 6.07) is 3.92. The summed E-state index contributed by atoms with van der Waals surface area (Å²) >= 11 is 6.24. The van der Waals surface area contributed by atoms with Crippen LogP contribution in [0.25, 0.3) is 0 Å². The number of aromatic nitrogens is 1. The minimum atomic E-state index is 0.192. The van der Waals surface area contributed by atoms with Gasteiger partial charge in [-0.25, -0.2) is 4.98 Å². The standard InChI is InChI=1S/C12H18ClNO/c1-9(2)6-11(13)7-10-4-5-14-12(8-10)15-3/h4-5,8-9,11H,6-7H2,1-3H3. The smallest absolute Gasteiger partial charge is 0.213 e. The predicted molar refractivity (Wildman–Crippen MR) is 63.6 cm³/mol. The van der Waals surface area contributed by atoms with Gasteiger partial charge >= 0.3 is 0 Å². The van der Waals surface area contributed by atoms with Crippen LogP contribution in [-0.2, 0) is 6.42 Å². The molecule has 0 aliphatic heterocycles. The molecule has 0 amide bonds. The first-order chi connectivity index (χ1) is 7.11. The molecule has 0 aliphatic carbocycles. The summed E-state index contributed by atoms with van der Waals surface area (Å²) in [4.78, 5) is 4.06. The predicted octanol–water partition coefficient (Wildman–Crippen LogP) is 3.29. The fourth-order valence-electron chi connectivity index (χ4n) is 1.54. The molecule has 3 heteroatoms. The van der Waals surface area contributed by atoms with Gasteiger partial charge in [-0.15, -0.1) is 11.6 Å². The Morgan fingerprint density at radius 3 is 2.80 bits per heavy atom. The maximum atomic E-state index is 6.24. The topological polar surface area (TPSA) is 22.1 Å². The molecule has 1 aromatic rings. The highest BCUT2D eigenvalue weighted by molar-refractivity contribution is 6.20. The van der Waals surface area contributed by atoms with Gasteiger partial charge in [-0.1, -0.05) is 13.8 Å². The molecule has 1 heterocycles. The van der Waals surface area contributed by atoms with Crippen LogP contribution >= 0.6 is 11.6 Å². The van der Waals surface area contributed by atoms with Crippen LogP contribution < -0.4 is 4.74 Å². The maximum absolute atomic E-state index is 6.24. The van der Waals surface area contributed by atoms with E-state index in [1.54, 1.807) is 13.3 Å². The quantitative estimate of drug-likeness (QED) is 0.721. The van der Waals surface area contributed by atoms with E-state index >= 15 is 0 Å². The monoisotopic (exact) mass is 227 g/mol. The lowest BCUT2D eigenvalue weighted by Crippen LogP contribution is -2.07. The van der Waals surface area contributed by atoms with Crippen LogP contribution in [0.3, 0.4) is 0 Å². The Kier molecular flexibility index (Phi) is 4.89. The van der Waals surface area contributed by atoms with Gasteiger partial charge in [-0.2, -0.15) is 0 Å². The van der Waals surface area contributed by atoms with Crippen molar-refractivity contribution in [3.63, 3.8) is 0 Å². The summed E-state index contributed by atoms with van der Waals surface area (Å²) < 4.78 is 5.06. The van der Waals surface area contributed by atoms with Crippen molar-refractivity contribution in [2.24, 2.45) is 5.92 Å². The number of hydrogen-bond acceptors (Lipinski definition) is 2. The molecule has 15 heavy (non-hydrogen) atoms. The zero-order chi connectivity index (χ0) is 11.3. The molecule has 0 fully saturated rings. The minimum absolute atomic E-state index is 0.192. The largest absolute Gasteiger partial charge is 0.481 e. The third-order valence-electron chi connectivity index (χ3n) is 2.19. The van der Waals surface area contributed by atoms with Crippen molar-refractivity contribution in [1.29, 1.82) is 0 Å². The third kappa shape index (κ3) is 4.52. The molecule has 0 radical (unpaired) electrons. The van der Waals surface area contributed by atoms with Crippen molar-refractivity contribution in [2.45, 2.75) is 32.1 Å². The number of halogens is 1. The van der Waals surface area contributed by atoms with E-state index in [4.69, 9.17) is 16.3 Å². The van der Waals surface area contributed by atoms with E-state index in [0.29, 0.717) is 11.8 Å². The highest BCUT2D eigenvalue weighted by Crippen LogP contribution is 2.17. The van der Waals surface area contributed by atoms with Crippen molar-refractivity contribution in [1.82, 2.24) is 4.98 Å². The molecule has 1 atom stereocenters. The van der Waals surface area contributed by atoms with Crippen LogP contribution in [0.2, 0.25) is 0 Å². The minimum Gasteiger partial charge on any atom is -0.481 e. The number of rotatable bonds is 5. The number of methoxy groups -OCH3 is 1. The molecule has 84 valence electrons. The lowest BCUT2D eigenvalue weighted by Gasteiger charge is -2.12. The van der Waals surface area contributed by atoms with Crippen LogP contribution in [0.5, 0.6) is 5.88 Å². The van der Waals surface area contributed by atoms with Crippen molar-refractivity contribution in [2.75, 3.05) is 7.11 Å². The maximum Gasteiger partial charge on any atom is 0.213 e. The molecular weight excluding hydrogens is 210 g/mol. The first kappa shape index (κ1) is 12.3. The molecule has 0 saturated heterocycles. The van der Waals surface area contributed by atoms with Crippen LogP contribution in [0.15, 0.2) is 18.3 Å². The fourth-order valence-corrected chi connectivity index (χ4v) is 2.07. The Morgan fingerprint density at radius 1 is 1.47 bits per heavy atom. The van der Waals surface area contributed by atoms with E-state index in [2.05, 4.69) is 18.8 Å². The van der Waals surface area contributed by atoms with Crippen molar-refractivity contribution >= 4 is 11.6 Å². The fraction of sp³-hybridized carbons (Fsp3) is 0.583. The van der Waals surface area contributed by atoms with E-state index in [9.17, 15) is 0 Å². The molecule has 0 saturated carbocycles. The summed E-state index contributed by atoms with van der Waals surface area (Å²) in [5, 5.41) is 0.192. The van der Waals surface area contributed by atoms with Gasteiger partial charge in [0.15, 0.2) is 0 Å². The molecule has 0 spiro atoms. The van der Waals surface area contributed by atoms with Crippen LogP contribution in [-0.4, -0.2) is 17.5 Å². The molecule has 0 aliphatic rings. The van der Waals surface area contributed by atoms with E-state index in [0.717, 1.165) is 12.8 Å². The first-order valence-electron chi connectivity index (χ1n) is 5.24. The van der Waals surface area contributed by atoms with Gasteiger partial charge in [-0.05, 0) is 30.4 Å². The molecule has 1 aromatic heterocycles. The van der Waals surface area contributed by atoms with Gasteiger partial charge in [0.1, 0.15) is 0 Å². The average Bonchev–Trinajstić information content (AvgIpc) is 2.16. The van der Waals surface area contributed by atoms with Gasteiger partial charge in [0.25, 0.3) is 0 Å². The second-order valence-corrected chi connectivity index (χ2v) is 4.75. The Hall–Kier alpha value is -0.760. The third-order valence-corrected chi connectivity index (χ3v) is 2.53. The molecule has 1 rings (SSSR count). The number of alkyl halides is 1. The lowest BCUT2D eigenvalue weighted by molar-refractivity contribution is 0.397. The van der Waals surface area contributed by atoms with Crippen molar-refractivity contribution < 1.29 is 4.74 Å². The highest BCUT2D eigenvalue weighted by Gasteiger charge is 2.08. The van der Waals surface area contributed by atoms with Crippen LogP contribution in [0.4, 0.5) is 0 Å². The second-order valence-electron chi connectivity index (χ2n) is 4.14. The van der Waals surface area contributed by atoms with E-state index in [-0.39, 0.29) is 5.38 Å². The van der Waals surface area contributed by atoms with Crippen molar-refractivity contribution in [3.8, 4) is 5.88 Å². The molecule has 1 unspecified atom stereocenters. The number of pyridine rings is 1. The Balaban J connectivity index is 2.55. The van der Waals surface area contributed by atoms with E-state index in [1.807, 2.05) is 12.1 Å². The summed E-state index contributed by atoms with van der Waals surface area (Å²) in [5.74, 6) is 1.29. The normalized spacial score (nSPS) is 12.9. The highest BCUT2D eigenvalue weighted by atomic mass is 35.5. The molecule has 2 nitrogen and oxygen atoms in total. The Morgan fingerprint density at radius 2 is 2.20 bits per heavy atom. The number of ether oxygens (including phenoxy) is 1. The first-order valence-corrected chi connectivity index (χ1v) is 5.68. The van der Waals surface area contributed by atoms with Gasteiger partial charge in [0, 0.05) is 17.6 Å². The summed E-state index contributed by atoms with van der Waals surface area (Å²) in [7, 11) is 1.62. The SMILES string of the molecule is COc1cc(CC(Cl)CC(C)C)ccn1. The van der Waals surface area contributed by atoms with Gasteiger partial charge in [0.05, 0.1) is 7.11 Å². The molecule has 0 bridgehead atoms. The molecule has 0 N–H and O–H groups in total. The second kappa shape index (κ2) is 5.96.